The molecule has 5 heterocycles. The van der Waals surface area contributed by atoms with Crippen molar-refractivity contribution >= 4 is 11.8 Å². The van der Waals surface area contributed by atoms with Gasteiger partial charge in [0.2, 0.25) is 11.8 Å². The van der Waals surface area contributed by atoms with Gasteiger partial charge < -0.3 is 125 Å². The molecule has 0 unspecified atom stereocenters. The summed E-state index contributed by atoms with van der Waals surface area (Å²) in [6.07, 6.45) is -40.2. The first-order valence-electron chi connectivity index (χ1n) is 19.4. The van der Waals surface area contributed by atoms with Gasteiger partial charge in [-0.15, -0.1) is 0 Å². The number of nitrogens with one attached hydrogen (secondary N) is 2. The summed E-state index contributed by atoms with van der Waals surface area (Å²) in [6, 6.07) is -3.26. The van der Waals surface area contributed by atoms with E-state index in [4.69, 9.17) is 42.6 Å². The molecule has 0 bridgehead atoms. The number of aliphatic hydroxyl groups is 14. The van der Waals surface area contributed by atoms with Crippen LogP contribution in [0, 0.1) is 0 Å². The number of amides is 2. The zero-order valence-electron chi connectivity index (χ0n) is 33.0. The molecule has 0 aromatic carbocycles. The quantitative estimate of drug-likeness (QED) is 0.0770. The Morgan fingerprint density at radius 2 is 0.902 bits per heavy atom. The van der Waals surface area contributed by atoms with Crippen LogP contribution in [0.2, 0.25) is 0 Å². The molecule has 5 rings (SSSR count). The standard InChI is InChI=1S/C34H58N2O25/c1-8-17(42)21(46)25(50)33(54-8)61-29-16(36-10(3)41)30(52)55-13(6-39)28(29)60-31-15(35-9(2)40)20(45)27(12(5-38)57-31)59-34-26(51)23(48)19(44)14(58-34)7-53-32-24(49)22(47)18(43)11(4-37)56-32/h8,11-34,37-39,42-52H,4-7H2,1-3H3,(H,35,40)(H,36,41)/t8-,11+,12+,13+,14+,15+,16+,17+,18+,19+,20+,21+,22-,23-,24-,25-,26-,27+,28+,29+,30+,31-,32-,33+,34+/m0/s1. The summed E-state index contributed by atoms with van der Waals surface area (Å²) in [5, 5.41) is 152. The molecule has 27 nitrogen and oxygen atoms in total. The zero-order valence-corrected chi connectivity index (χ0v) is 33.0. The number of ether oxygens (including phenoxy) is 9. The van der Waals surface area contributed by atoms with Crippen LogP contribution in [0.15, 0.2) is 0 Å². The third-order valence-electron chi connectivity index (χ3n) is 11.1. The number of hydrogen-bond donors (Lipinski definition) is 16. The van der Waals surface area contributed by atoms with Crippen LogP contribution in [0.25, 0.3) is 0 Å². The van der Waals surface area contributed by atoms with Crippen LogP contribution < -0.4 is 10.6 Å². The molecule has 25 atom stereocenters. The van der Waals surface area contributed by atoms with E-state index in [1.165, 1.54) is 6.92 Å². The van der Waals surface area contributed by atoms with Crippen molar-refractivity contribution in [1.29, 1.82) is 0 Å². The maximum Gasteiger partial charge on any atom is 0.217 e. The molecule has 16 N–H and O–H groups in total. The maximum atomic E-state index is 12.5. The number of carbonyl (C=O) groups excluding carboxylic acids is 2. The maximum absolute atomic E-state index is 12.5. The molecule has 0 saturated carbocycles. The summed E-state index contributed by atoms with van der Waals surface area (Å²) in [7, 11) is 0. The van der Waals surface area contributed by atoms with Crippen LogP contribution in [-0.2, 0) is 52.2 Å². The monoisotopic (exact) mass is 894 g/mol. The lowest BCUT2D eigenvalue weighted by atomic mass is 9.93. The highest BCUT2D eigenvalue weighted by molar-refractivity contribution is 5.73. The average molecular weight is 895 g/mol. The topological polar surface area (TPSA) is 424 Å². The van der Waals surface area contributed by atoms with Crippen molar-refractivity contribution in [1.82, 2.24) is 10.6 Å². The van der Waals surface area contributed by atoms with E-state index >= 15 is 0 Å². The van der Waals surface area contributed by atoms with Gasteiger partial charge in [0.15, 0.2) is 31.5 Å². The second-order valence-electron chi connectivity index (χ2n) is 15.4. The Balaban J connectivity index is 1.37. The number of carbonyl (C=O) groups is 2. The molecule has 27 heteroatoms. The van der Waals surface area contributed by atoms with Crippen molar-refractivity contribution < 1.29 is 124 Å². The minimum Gasteiger partial charge on any atom is -0.394 e. The Hall–Kier alpha value is -1.98. The lowest BCUT2D eigenvalue weighted by Crippen LogP contribution is -2.71. The molecule has 5 aliphatic heterocycles. The van der Waals surface area contributed by atoms with Gasteiger partial charge in [0.25, 0.3) is 0 Å². The first-order valence-corrected chi connectivity index (χ1v) is 19.4. The smallest absolute Gasteiger partial charge is 0.217 e. The van der Waals surface area contributed by atoms with Gasteiger partial charge >= 0.3 is 0 Å². The highest BCUT2D eigenvalue weighted by Crippen LogP contribution is 2.35. The van der Waals surface area contributed by atoms with Crippen molar-refractivity contribution in [3.8, 4) is 0 Å². The lowest BCUT2D eigenvalue weighted by Gasteiger charge is -2.51. The van der Waals surface area contributed by atoms with Gasteiger partial charge in [-0.25, -0.2) is 0 Å². The molecule has 5 fully saturated rings. The largest absolute Gasteiger partial charge is 0.394 e. The fourth-order valence-corrected chi connectivity index (χ4v) is 7.67. The van der Waals surface area contributed by atoms with Crippen LogP contribution in [0.1, 0.15) is 20.8 Å². The summed E-state index contributed by atoms with van der Waals surface area (Å²) < 4.78 is 51.4. The van der Waals surface area contributed by atoms with E-state index in [1.54, 1.807) is 0 Å². The van der Waals surface area contributed by atoms with Crippen LogP contribution in [0.5, 0.6) is 0 Å². The predicted molar refractivity (Wildman–Crippen MR) is 188 cm³/mol. The van der Waals surface area contributed by atoms with Gasteiger partial charge in [-0.1, -0.05) is 0 Å². The van der Waals surface area contributed by atoms with E-state index in [0.29, 0.717) is 0 Å². The average Bonchev–Trinajstić information content (AvgIpc) is 3.22. The summed E-state index contributed by atoms with van der Waals surface area (Å²) in [5.74, 6) is -1.52. The molecule has 2 amide bonds. The molecular formula is C34H58N2O25. The lowest BCUT2D eigenvalue weighted by molar-refractivity contribution is -0.375. The van der Waals surface area contributed by atoms with E-state index in [2.05, 4.69) is 10.6 Å². The SMILES string of the molecule is CC(=O)N[C@@H]1[C@@H](O[C@H]2O[C@@H](C)[C@@H](O)[C@@H](O)[C@@H]2O)[C@H](O[C@@H]2O[C@H](CO)[C@@H](O[C@H]3O[C@H](CO[C@H]4O[C@H](CO)[C@@H](O)[C@H](O)[C@@H]4O)[C@@H](O)[C@H](O)[C@@H]3O)[C@H](O)[C@H]2NC(C)=O)[C@@H](CO)O[C@H]1O. The van der Waals surface area contributed by atoms with Crippen LogP contribution in [0.3, 0.4) is 0 Å². The minimum absolute atomic E-state index is 0.732. The number of rotatable bonds is 14. The highest BCUT2D eigenvalue weighted by atomic mass is 16.8. The van der Waals surface area contributed by atoms with Crippen molar-refractivity contribution in [3.63, 3.8) is 0 Å². The molecule has 0 radical (unpaired) electrons. The van der Waals surface area contributed by atoms with Gasteiger partial charge in [-0.2, -0.15) is 0 Å². The molecular weight excluding hydrogens is 836 g/mol. The molecule has 61 heavy (non-hydrogen) atoms. The summed E-state index contributed by atoms with van der Waals surface area (Å²) in [4.78, 5) is 24.8. The van der Waals surface area contributed by atoms with Crippen LogP contribution in [0.4, 0.5) is 0 Å². The first kappa shape index (κ1) is 50.0. The Morgan fingerprint density at radius 3 is 1.48 bits per heavy atom. The Morgan fingerprint density at radius 1 is 0.459 bits per heavy atom. The van der Waals surface area contributed by atoms with Gasteiger partial charge in [0.1, 0.15) is 116 Å². The van der Waals surface area contributed by atoms with Gasteiger partial charge in [0.05, 0.1) is 32.5 Å². The predicted octanol–water partition coefficient (Wildman–Crippen LogP) is -10.6. The zero-order chi connectivity index (χ0) is 45.2. The molecule has 0 aliphatic carbocycles. The number of hydrogen-bond acceptors (Lipinski definition) is 25. The van der Waals surface area contributed by atoms with Crippen molar-refractivity contribution in [2.75, 3.05) is 26.4 Å². The molecule has 0 spiro atoms. The Kier molecular flexibility index (Phi) is 17.5. The van der Waals surface area contributed by atoms with E-state index in [0.717, 1.165) is 13.8 Å². The number of aliphatic hydroxyl groups excluding tert-OH is 14. The first-order chi connectivity index (χ1) is 28.7. The van der Waals surface area contributed by atoms with E-state index in [1.807, 2.05) is 0 Å². The van der Waals surface area contributed by atoms with Gasteiger partial charge in [-0.3, -0.25) is 9.59 Å². The van der Waals surface area contributed by atoms with Crippen LogP contribution >= 0.6 is 0 Å². The fraction of sp³-hybridized carbons (Fsp3) is 0.941. The van der Waals surface area contributed by atoms with Crippen molar-refractivity contribution in [2.45, 2.75) is 174 Å². The third-order valence-corrected chi connectivity index (χ3v) is 11.1. The molecule has 0 aromatic rings. The van der Waals surface area contributed by atoms with Crippen molar-refractivity contribution in [3.05, 3.63) is 0 Å². The highest BCUT2D eigenvalue weighted by Gasteiger charge is 2.56. The Bertz CT molecular complexity index is 1420. The third kappa shape index (κ3) is 10.9. The second kappa shape index (κ2) is 21.3. The van der Waals surface area contributed by atoms with E-state index in [9.17, 15) is 81.1 Å². The van der Waals surface area contributed by atoms with Gasteiger partial charge in [-0.05, 0) is 6.92 Å². The normalized spacial score (nSPS) is 49.6. The van der Waals surface area contributed by atoms with Crippen molar-refractivity contribution in [2.24, 2.45) is 0 Å². The molecule has 354 valence electrons. The Labute approximate surface area is 346 Å². The van der Waals surface area contributed by atoms with Crippen LogP contribution in [-0.4, -0.2) is 263 Å². The minimum atomic E-state index is -2.06. The molecule has 5 aliphatic rings. The molecule has 5 saturated heterocycles. The summed E-state index contributed by atoms with van der Waals surface area (Å²) >= 11 is 0. The van der Waals surface area contributed by atoms with E-state index in [-0.39, 0.29) is 0 Å². The summed E-state index contributed by atoms with van der Waals surface area (Å²) in [6.45, 7) is 0.0602. The van der Waals surface area contributed by atoms with E-state index < -0.39 is 192 Å². The second-order valence-corrected chi connectivity index (χ2v) is 15.4. The summed E-state index contributed by atoms with van der Waals surface area (Å²) in [5.41, 5.74) is 0. The van der Waals surface area contributed by atoms with Gasteiger partial charge in [0, 0.05) is 13.8 Å². The molecule has 0 aromatic heterocycles. The fourth-order valence-electron chi connectivity index (χ4n) is 7.67.